The lowest BCUT2D eigenvalue weighted by Gasteiger charge is -2.03. The molecular weight excluding hydrogens is 296 g/mol. The number of unbranched alkanes of at least 4 members (excludes halogenated alkanes) is 4. The van der Waals surface area contributed by atoms with Gasteiger partial charge in [0, 0.05) is 12.8 Å². The number of carbonyl (C=O) groups excluding carboxylic acids is 2. The summed E-state index contributed by atoms with van der Waals surface area (Å²) in [5.41, 5.74) is 0. The fourth-order valence-corrected chi connectivity index (χ4v) is 1.62. The van der Waals surface area contributed by atoms with Crippen molar-refractivity contribution in [1.29, 1.82) is 0 Å². The van der Waals surface area contributed by atoms with Gasteiger partial charge in [-0.05, 0) is 25.7 Å². The van der Waals surface area contributed by atoms with Crippen LogP contribution < -0.4 is 0 Å². The van der Waals surface area contributed by atoms with Crippen molar-refractivity contribution in [2.45, 2.75) is 64.2 Å². The molecule has 8 nitrogen and oxygen atoms in total. The van der Waals surface area contributed by atoms with Crippen LogP contribution >= 0.6 is 0 Å². The Morgan fingerprint density at radius 1 is 0.545 bits per heavy atom. The Morgan fingerprint density at radius 3 is 1.18 bits per heavy atom. The van der Waals surface area contributed by atoms with Crippen LogP contribution in [-0.2, 0) is 29.0 Å². The molecule has 2 N–H and O–H groups in total. The predicted octanol–water partition coefficient (Wildman–Crippen LogP) is 2.06. The van der Waals surface area contributed by atoms with E-state index < -0.39 is 23.9 Å². The molecule has 8 heteroatoms. The Kier molecular flexibility index (Phi) is 11.4. The molecule has 0 fully saturated rings. The van der Waals surface area contributed by atoms with E-state index in [1.807, 2.05) is 0 Å². The van der Waals surface area contributed by atoms with Crippen LogP contribution in [0.4, 0.5) is 0 Å². The van der Waals surface area contributed by atoms with Crippen molar-refractivity contribution in [3.63, 3.8) is 0 Å². The van der Waals surface area contributed by atoms with Crippen molar-refractivity contribution in [2.75, 3.05) is 0 Å². The smallest absolute Gasteiger partial charge is 0.355 e. The molecule has 0 bridgehead atoms. The van der Waals surface area contributed by atoms with Crippen molar-refractivity contribution in [3.8, 4) is 0 Å². The summed E-state index contributed by atoms with van der Waals surface area (Å²) in [5.74, 6) is -3.09. The first kappa shape index (κ1) is 19.9. The molecule has 0 aromatic rings. The van der Waals surface area contributed by atoms with Gasteiger partial charge in [0.05, 0.1) is 12.8 Å². The number of carboxylic acids is 2. The van der Waals surface area contributed by atoms with Gasteiger partial charge in [0.15, 0.2) is 0 Å². The second-order valence-corrected chi connectivity index (χ2v) is 4.82. The maximum Gasteiger partial charge on any atom is 0.355 e. The van der Waals surface area contributed by atoms with Gasteiger partial charge in [-0.3, -0.25) is 9.59 Å². The fourth-order valence-electron chi connectivity index (χ4n) is 1.62. The number of rotatable bonds is 12. The van der Waals surface area contributed by atoms with Crippen LogP contribution in [0.15, 0.2) is 0 Å². The minimum atomic E-state index is -0.875. The number of carboxylic acid groups (broad SMARTS) is 2. The maximum atomic E-state index is 11.2. The molecule has 0 amide bonds. The quantitative estimate of drug-likeness (QED) is 0.318. The van der Waals surface area contributed by atoms with Crippen molar-refractivity contribution >= 4 is 23.9 Å². The molecule has 126 valence electrons. The molecule has 0 aliphatic heterocycles. The van der Waals surface area contributed by atoms with E-state index in [4.69, 9.17) is 10.2 Å². The molecule has 0 radical (unpaired) electrons. The zero-order valence-corrected chi connectivity index (χ0v) is 12.4. The highest BCUT2D eigenvalue weighted by Gasteiger charge is 2.10. The first-order valence-electron chi connectivity index (χ1n) is 7.25. The Labute approximate surface area is 128 Å². The Balaban J connectivity index is 3.46. The van der Waals surface area contributed by atoms with Crippen molar-refractivity contribution < 1.29 is 39.2 Å². The molecule has 0 aliphatic rings. The van der Waals surface area contributed by atoms with Gasteiger partial charge in [-0.1, -0.05) is 12.8 Å². The van der Waals surface area contributed by atoms with Gasteiger partial charge in [-0.25, -0.2) is 19.4 Å². The predicted molar refractivity (Wildman–Crippen MR) is 73.6 cm³/mol. The van der Waals surface area contributed by atoms with Crippen LogP contribution in [0.1, 0.15) is 64.2 Å². The van der Waals surface area contributed by atoms with Gasteiger partial charge in [0.1, 0.15) is 0 Å². The van der Waals surface area contributed by atoms with Crippen LogP contribution in [0.5, 0.6) is 0 Å². The van der Waals surface area contributed by atoms with Gasteiger partial charge in [-0.2, -0.15) is 0 Å². The number of carbonyl (C=O) groups is 4. The SMILES string of the molecule is O=C(O)CCCCCC(=O)OOC(=O)CCCCCC(=O)O. The van der Waals surface area contributed by atoms with Crippen LogP contribution in [-0.4, -0.2) is 34.1 Å². The molecule has 0 saturated heterocycles. The second-order valence-electron chi connectivity index (χ2n) is 4.82. The van der Waals surface area contributed by atoms with E-state index in [1.54, 1.807) is 0 Å². The largest absolute Gasteiger partial charge is 0.481 e. The van der Waals surface area contributed by atoms with Crippen LogP contribution in [0.3, 0.4) is 0 Å². The molecule has 0 spiro atoms. The highest BCUT2D eigenvalue weighted by molar-refractivity contribution is 5.72. The second kappa shape index (κ2) is 12.6. The third-order valence-corrected chi connectivity index (χ3v) is 2.77. The average Bonchev–Trinajstić information content (AvgIpc) is 2.43. The fraction of sp³-hybridized carbons (Fsp3) is 0.714. The molecule has 0 aliphatic carbocycles. The number of aliphatic carboxylic acids is 2. The summed E-state index contributed by atoms with van der Waals surface area (Å²) in [6.07, 6.45) is 3.32. The minimum Gasteiger partial charge on any atom is -0.481 e. The molecule has 0 aromatic heterocycles. The zero-order valence-electron chi connectivity index (χ0n) is 12.4. The third-order valence-electron chi connectivity index (χ3n) is 2.77. The van der Waals surface area contributed by atoms with E-state index in [-0.39, 0.29) is 25.7 Å². The molecular formula is C14H22O8. The lowest BCUT2D eigenvalue weighted by atomic mass is 10.1. The summed E-state index contributed by atoms with van der Waals surface area (Å²) in [6, 6.07) is 0. The summed E-state index contributed by atoms with van der Waals surface area (Å²) in [6.45, 7) is 0. The van der Waals surface area contributed by atoms with E-state index >= 15 is 0 Å². The molecule has 0 heterocycles. The third kappa shape index (κ3) is 14.3. The molecule has 0 atom stereocenters. The Bertz CT molecular complexity index is 341. The first-order chi connectivity index (χ1) is 10.4. The van der Waals surface area contributed by atoms with Gasteiger partial charge in [0.25, 0.3) is 0 Å². The summed E-state index contributed by atoms with van der Waals surface area (Å²) >= 11 is 0. The summed E-state index contributed by atoms with van der Waals surface area (Å²) in [7, 11) is 0. The zero-order chi connectivity index (χ0) is 16.8. The minimum absolute atomic E-state index is 0.0610. The highest BCUT2D eigenvalue weighted by Crippen LogP contribution is 2.06. The van der Waals surface area contributed by atoms with E-state index in [1.165, 1.54) is 0 Å². The molecule has 0 aromatic carbocycles. The number of hydrogen-bond donors (Lipinski definition) is 2. The Morgan fingerprint density at radius 2 is 0.864 bits per heavy atom. The van der Waals surface area contributed by atoms with Gasteiger partial charge in [0.2, 0.25) is 0 Å². The number of hydrogen-bond acceptors (Lipinski definition) is 6. The summed E-state index contributed by atoms with van der Waals surface area (Å²) in [5, 5.41) is 16.8. The van der Waals surface area contributed by atoms with Crippen molar-refractivity contribution in [1.82, 2.24) is 0 Å². The highest BCUT2D eigenvalue weighted by atomic mass is 17.2. The lowest BCUT2D eigenvalue weighted by molar-refractivity contribution is -0.259. The van der Waals surface area contributed by atoms with Crippen LogP contribution in [0.25, 0.3) is 0 Å². The molecule has 0 unspecified atom stereocenters. The summed E-state index contributed by atoms with van der Waals surface area (Å²) in [4.78, 5) is 51.6. The molecule has 0 rings (SSSR count). The van der Waals surface area contributed by atoms with Gasteiger partial charge in [-0.15, -0.1) is 0 Å². The van der Waals surface area contributed by atoms with Crippen molar-refractivity contribution in [3.05, 3.63) is 0 Å². The monoisotopic (exact) mass is 318 g/mol. The van der Waals surface area contributed by atoms with Gasteiger partial charge < -0.3 is 10.2 Å². The van der Waals surface area contributed by atoms with Gasteiger partial charge >= 0.3 is 23.9 Å². The van der Waals surface area contributed by atoms with Crippen LogP contribution in [0.2, 0.25) is 0 Å². The van der Waals surface area contributed by atoms with E-state index in [9.17, 15) is 19.2 Å². The van der Waals surface area contributed by atoms with Crippen LogP contribution in [0, 0.1) is 0 Å². The maximum absolute atomic E-state index is 11.2. The van der Waals surface area contributed by atoms with E-state index in [0.29, 0.717) is 38.5 Å². The van der Waals surface area contributed by atoms with E-state index in [0.717, 1.165) is 0 Å². The van der Waals surface area contributed by atoms with Crippen molar-refractivity contribution in [2.24, 2.45) is 0 Å². The molecule has 22 heavy (non-hydrogen) atoms. The Hall–Kier alpha value is -2.12. The first-order valence-corrected chi connectivity index (χ1v) is 7.25. The normalized spacial score (nSPS) is 10.0. The topological polar surface area (TPSA) is 127 Å². The molecule has 0 saturated carbocycles. The standard InChI is InChI=1S/C14H22O8/c15-11(16)7-3-1-5-9-13(19)21-22-14(20)10-6-2-4-8-12(17)18/h1-10H2,(H,15,16)(H,17,18). The van der Waals surface area contributed by atoms with E-state index in [2.05, 4.69) is 9.78 Å². The average molecular weight is 318 g/mol. The lowest BCUT2D eigenvalue weighted by Crippen LogP contribution is -2.11. The summed E-state index contributed by atoms with van der Waals surface area (Å²) < 4.78 is 0.